The lowest BCUT2D eigenvalue weighted by atomic mass is 9.92. The van der Waals surface area contributed by atoms with Gasteiger partial charge in [-0.05, 0) is 30.5 Å². The number of rotatable bonds is 4. The Morgan fingerprint density at radius 2 is 1.89 bits per heavy atom. The quantitative estimate of drug-likeness (QED) is 0.812. The van der Waals surface area contributed by atoms with Crippen LogP contribution in [0.4, 0.5) is 14.9 Å². The zero-order valence-electron chi connectivity index (χ0n) is 15.7. The van der Waals surface area contributed by atoms with E-state index in [1.807, 2.05) is 15.8 Å². The summed E-state index contributed by atoms with van der Waals surface area (Å²) in [5, 5.41) is 4.41. The molecule has 0 unspecified atom stereocenters. The molecule has 3 fully saturated rings. The van der Waals surface area contributed by atoms with Crippen molar-refractivity contribution >= 4 is 17.6 Å². The van der Waals surface area contributed by atoms with Crippen LogP contribution in [0, 0.1) is 5.82 Å². The normalized spacial score (nSPS) is 21.2. The minimum absolute atomic E-state index is 0.0139. The van der Waals surface area contributed by atoms with Gasteiger partial charge in [-0.1, -0.05) is 12.1 Å². The van der Waals surface area contributed by atoms with Crippen molar-refractivity contribution in [2.45, 2.75) is 24.3 Å². The number of nitrogens with zero attached hydrogens (tertiary/aromatic N) is 5. The highest BCUT2D eigenvalue weighted by Gasteiger charge is 2.54. The van der Waals surface area contributed by atoms with Crippen LogP contribution in [0.1, 0.15) is 24.4 Å². The van der Waals surface area contributed by atoms with Crippen molar-refractivity contribution in [1.29, 1.82) is 0 Å². The third-order valence-electron chi connectivity index (χ3n) is 6.20. The Morgan fingerprint density at radius 3 is 2.50 bits per heavy atom. The molecule has 0 bridgehead atoms. The second-order valence-corrected chi connectivity index (χ2v) is 7.99. The zero-order chi connectivity index (χ0) is 19.5. The van der Waals surface area contributed by atoms with Crippen molar-refractivity contribution in [3.05, 3.63) is 48.0 Å². The van der Waals surface area contributed by atoms with Crippen LogP contribution in [0.5, 0.6) is 0 Å². The predicted octanol–water partition coefficient (Wildman–Crippen LogP) is 2.01. The van der Waals surface area contributed by atoms with Gasteiger partial charge in [0.15, 0.2) is 0 Å². The molecule has 1 aromatic carbocycles. The maximum Gasteiger partial charge on any atom is 0.324 e. The van der Waals surface area contributed by atoms with Crippen molar-refractivity contribution in [1.82, 2.24) is 19.6 Å². The van der Waals surface area contributed by atoms with Crippen molar-refractivity contribution in [2.75, 3.05) is 38.1 Å². The highest BCUT2D eigenvalue weighted by molar-refractivity contribution is 5.93. The Hall–Kier alpha value is -2.90. The number of amides is 3. The van der Waals surface area contributed by atoms with E-state index >= 15 is 0 Å². The Balaban J connectivity index is 1.24. The van der Waals surface area contributed by atoms with E-state index in [1.165, 1.54) is 12.1 Å². The van der Waals surface area contributed by atoms with Gasteiger partial charge < -0.3 is 9.80 Å². The Morgan fingerprint density at radius 1 is 1.18 bits per heavy atom. The summed E-state index contributed by atoms with van der Waals surface area (Å²) < 4.78 is 15.0. The van der Waals surface area contributed by atoms with Crippen molar-refractivity contribution in [3.8, 4) is 0 Å². The molecule has 1 aromatic heterocycles. The summed E-state index contributed by atoms with van der Waals surface area (Å²) in [5.74, 6) is -0.160. The summed E-state index contributed by atoms with van der Waals surface area (Å²) in [6.45, 7) is 2.59. The minimum atomic E-state index is -0.472. The van der Waals surface area contributed by atoms with Crippen LogP contribution in [0.25, 0.3) is 0 Å². The van der Waals surface area contributed by atoms with Crippen molar-refractivity contribution in [2.24, 2.45) is 0 Å². The van der Waals surface area contributed by atoms with Crippen LogP contribution in [0.2, 0.25) is 0 Å². The van der Waals surface area contributed by atoms with E-state index in [1.54, 1.807) is 35.2 Å². The average Bonchev–Trinajstić information content (AvgIpc) is 3.22. The summed E-state index contributed by atoms with van der Waals surface area (Å²) in [7, 11) is 1.79. The summed E-state index contributed by atoms with van der Waals surface area (Å²) in [5.41, 5.74) is 1.23. The van der Waals surface area contributed by atoms with Gasteiger partial charge in [0, 0.05) is 39.4 Å². The van der Waals surface area contributed by atoms with E-state index in [4.69, 9.17) is 0 Å². The Kier molecular flexibility index (Phi) is 3.72. The van der Waals surface area contributed by atoms with Gasteiger partial charge in [0.25, 0.3) is 0 Å². The van der Waals surface area contributed by atoms with Crippen LogP contribution in [0.15, 0.2) is 36.7 Å². The number of benzene rings is 1. The van der Waals surface area contributed by atoms with Gasteiger partial charge in [0.2, 0.25) is 5.91 Å². The van der Waals surface area contributed by atoms with Crippen LogP contribution >= 0.6 is 0 Å². The maximum atomic E-state index is 13.2. The molecule has 0 spiro atoms. The molecule has 0 radical (unpaired) electrons. The molecule has 1 aliphatic carbocycles. The number of urea groups is 1. The molecule has 0 N–H and O–H groups in total. The first-order chi connectivity index (χ1) is 13.5. The second-order valence-electron chi connectivity index (χ2n) is 7.99. The van der Waals surface area contributed by atoms with Crippen LogP contribution in [0.3, 0.4) is 0 Å². The van der Waals surface area contributed by atoms with Gasteiger partial charge >= 0.3 is 6.03 Å². The predicted molar refractivity (Wildman–Crippen MR) is 101 cm³/mol. The minimum Gasteiger partial charge on any atom is -0.337 e. The highest BCUT2D eigenvalue weighted by atomic mass is 19.1. The van der Waals surface area contributed by atoms with Gasteiger partial charge in [-0.3, -0.25) is 14.4 Å². The third-order valence-corrected chi connectivity index (χ3v) is 6.20. The highest BCUT2D eigenvalue weighted by Crippen LogP contribution is 2.50. The summed E-state index contributed by atoms with van der Waals surface area (Å²) in [6.07, 6.45) is 5.23. The number of carbonyl (C=O) groups is 2. The first-order valence-corrected chi connectivity index (χ1v) is 9.60. The van der Waals surface area contributed by atoms with Crippen molar-refractivity contribution < 1.29 is 14.0 Å². The summed E-state index contributed by atoms with van der Waals surface area (Å²) >= 11 is 0. The standard InChI is InChI=1S/C20H22FN5O2/c1-23-8-9-25(19(23)28)16-10-22-26(13-16)17-11-24(12-17)18(27)20(6-7-20)14-2-4-15(21)5-3-14/h2-5,10,13,17H,6-9,11-12H2,1H3. The largest absolute Gasteiger partial charge is 0.337 e. The number of hydrogen-bond acceptors (Lipinski definition) is 3. The molecule has 3 aliphatic rings. The monoisotopic (exact) mass is 383 g/mol. The lowest BCUT2D eigenvalue weighted by molar-refractivity contribution is -0.140. The van der Waals surface area contributed by atoms with E-state index in [0.29, 0.717) is 26.2 Å². The van der Waals surface area contributed by atoms with Gasteiger partial charge in [0.1, 0.15) is 5.82 Å². The fourth-order valence-corrected chi connectivity index (χ4v) is 4.17. The van der Waals surface area contributed by atoms with Crippen LogP contribution in [-0.4, -0.2) is 64.7 Å². The second kappa shape index (κ2) is 6.05. The molecule has 3 amide bonds. The van der Waals surface area contributed by atoms with Crippen LogP contribution in [-0.2, 0) is 10.2 Å². The molecule has 8 heteroatoms. The molecule has 2 saturated heterocycles. The molecular weight excluding hydrogens is 361 g/mol. The van der Waals surface area contributed by atoms with E-state index in [0.717, 1.165) is 24.1 Å². The molecule has 2 aromatic rings. The lowest BCUT2D eigenvalue weighted by Crippen LogP contribution is -2.54. The molecule has 1 saturated carbocycles. The Labute approximate surface area is 162 Å². The number of hydrogen-bond donors (Lipinski definition) is 0. The van der Waals surface area contributed by atoms with Gasteiger partial charge in [-0.2, -0.15) is 5.10 Å². The molecule has 3 heterocycles. The lowest BCUT2D eigenvalue weighted by Gasteiger charge is -2.41. The van der Waals surface area contributed by atoms with Gasteiger partial charge in [-0.15, -0.1) is 0 Å². The number of halogens is 1. The number of likely N-dealkylation sites (tertiary alicyclic amines) is 1. The van der Waals surface area contributed by atoms with Gasteiger partial charge in [-0.25, -0.2) is 9.18 Å². The fourth-order valence-electron chi connectivity index (χ4n) is 4.17. The van der Waals surface area contributed by atoms with E-state index in [9.17, 15) is 14.0 Å². The fraction of sp³-hybridized carbons (Fsp3) is 0.450. The topological polar surface area (TPSA) is 61.7 Å². The molecule has 146 valence electrons. The summed E-state index contributed by atoms with van der Waals surface area (Å²) in [6, 6.07) is 6.40. The molecule has 28 heavy (non-hydrogen) atoms. The molecule has 0 atom stereocenters. The average molecular weight is 383 g/mol. The Bertz CT molecular complexity index is 930. The SMILES string of the molecule is CN1CCN(c2cnn(C3CN(C(=O)C4(c5ccc(F)cc5)CC4)C3)c2)C1=O. The van der Waals surface area contributed by atoms with Crippen molar-refractivity contribution in [3.63, 3.8) is 0 Å². The summed E-state index contributed by atoms with van der Waals surface area (Å²) in [4.78, 5) is 30.4. The first-order valence-electron chi connectivity index (χ1n) is 9.60. The number of aromatic nitrogens is 2. The number of anilines is 1. The molecule has 7 nitrogen and oxygen atoms in total. The van der Waals surface area contributed by atoms with E-state index < -0.39 is 5.41 Å². The maximum absolute atomic E-state index is 13.2. The molecular formula is C20H22FN5O2. The third kappa shape index (κ3) is 2.58. The number of likely N-dealkylation sites (N-methyl/N-ethyl adjacent to an activating group) is 1. The van der Waals surface area contributed by atoms with Crippen LogP contribution < -0.4 is 4.90 Å². The smallest absolute Gasteiger partial charge is 0.324 e. The van der Waals surface area contributed by atoms with E-state index in [-0.39, 0.29) is 23.8 Å². The molecule has 5 rings (SSSR count). The van der Waals surface area contributed by atoms with Gasteiger partial charge in [0.05, 0.1) is 23.3 Å². The number of carbonyl (C=O) groups excluding carboxylic acids is 2. The first kappa shape index (κ1) is 17.2. The zero-order valence-corrected chi connectivity index (χ0v) is 15.7. The molecule has 2 aliphatic heterocycles. The van der Waals surface area contributed by atoms with E-state index in [2.05, 4.69) is 5.10 Å².